The summed E-state index contributed by atoms with van der Waals surface area (Å²) in [5.74, 6) is -0.686. The van der Waals surface area contributed by atoms with Crippen molar-refractivity contribution in [3.63, 3.8) is 0 Å². The van der Waals surface area contributed by atoms with Crippen LogP contribution in [0.1, 0.15) is 51.7 Å². The molecule has 146 valence electrons. The molecule has 0 N–H and O–H groups in total. The van der Waals surface area contributed by atoms with Crippen LogP contribution in [0.3, 0.4) is 0 Å². The van der Waals surface area contributed by atoms with E-state index in [1.54, 1.807) is 51.1 Å². The van der Waals surface area contributed by atoms with Crippen LogP contribution in [0.4, 0.5) is 13.2 Å². The quantitative estimate of drug-likeness (QED) is 0.422. The predicted molar refractivity (Wildman–Crippen MR) is 95.4 cm³/mol. The molecule has 0 aliphatic carbocycles. The summed E-state index contributed by atoms with van der Waals surface area (Å²) in [6, 6.07) is 7.04. The van der Waals surface area contributed by atoms with Gasteiger partial charge in [-0.1, -0.05) is 51.5 Å². The standard InChI is InChI=1S/C20H27F3O3/c1-5-15(4)19(6-2,26-20(21,22)23)14-17-10-8-16(9-11-17)12-13-18(24)25-7-3/h8-13,15H,5-7,14H2,1-4H3/b13-12+/t15-,19?/m1/s1. The summed E-state index contributed by atoms with van der Waals surface area (Å²) in [4.78, 5) is 11.3. The van der Waals surface area contributed by atoms with E-state index in [0.717, 1.165) is 11.1 Å². The van der Waals surface area contributed by atoms with Crippen LogP contribution in [0, 0.1) is 5.92 Å². The maximum Gasteiger partial charge on any atom is 0.523 e. The van der Waals surface area contributed by atoms with Gasteiger partial charge in [0.1, 0.15) is 0 Å². The molecule has 2 atom stereocenters. The van der Waals surface area contributed by atoms with Gasteiger partial charge in [-0.25, -0.2) is 4.79 Å². The van der Waals surface area contributed by atoms with Crippen LogP contribution < -0.4 is 0 Å². The minimum atomic E-state index is -4.68. The molecule has 26 heavy (non-hydrogen) atoms. The Morgan fingerprint density at radius 1 is 1.15 bits per heavy atom. The van der Waals surface area contributed by atoms with Crippen LogP contribution in [0.25, 0.3) is 6.08 Å². The summed E-state index contributed by atoms with van der Waals surface area (Å²) in [6.07, 6.45) is -0.742. The number of carbonyl (C=O) groups is 1. The molecule has 1 aromatic rings. The molecular formula is C20H27F3O3. The lowest BCUT2D eigenvalue weighted by Crippen LogP contribution is -2.45. The second-order valence-electron chi connectivity index (χ2n) is 6.28. The van der Waals surface area contributed by atoms with Crippen LogP contribution in [0.15, 0.2) is 30.3 Å². The first-order valence-electron chi connectivity index (χ1n) is 8.86. The number of benzene rings is 1. The Morgan fingerprint density at radius 2 is 1.77 bits per heavy atom. The monoisotopic (exact) mass is 372 g/mol. The Kier molecular flexibility index (Phi) is 8.34. The fraction of sp³-hybridized carbons (Fsp3) is 0.550. The van der Waals surface area contributed by atoms with Crippen LogP contribution in [-0.2, 0) is 20.7 Å². The van der Waals surface area contributed by atoms with Crippen molar-refractivity contribution in [3.05, 3.63) is 41.5 Å². The zero-order valence-corrected chi connectivity index (χ0v) is 15.7. The summed E-state index contributed by atoms with van der Waals surface area (Å²) >= 11 is 0. The summed E-state index contributed by atoms with van der Waals surface area (Å²) < 4.78 is 48.3. The third-order valence-corrected chi connectivity index (χ3v) is 4.61. The van der Waals surface area contributed by atoms with Crippen molar-refractivity contribution < 1.29 is 27.4 Å². The second-order valence-corrected chi connectivity index (χ2v) is 6.28. The zero-order chi connectivity index (χ0) is 19.8. The average Bonchev–Trinajstić information content (AvgIpc) is 2.58. The second kappa shape index (κ2) is 9.76. The summed E-state index contributed by atoms with van der Waals surface area (Å²) in [7, 11) is 0. The van der Waals surface area contributed by atoms with Crippen LogP contribution in [-0.4, -0.2) is 24.5 Å². The van der Waals surface area contributed by atoms with Gasteiger partial charge in [0.25, 0.3) is 0 Å². The first-order valence-corrected chi connectivity index (χ1v) is 8.86. The van der Waals surface area contributed by atoms with Gasteiger partial charge in [0.15, 0.2) is 0 Å². The van der Waals surface area contributed by atoms with Gasteiger partial charge >= 0.3 is 12.3 Å². The van der Waals surface area contributed by atoms with Crippen LogP contribution in [0.2, 0.25) is 0 Å². The van der Waals surface area contributed by atoms with Gasteiger partial charge in [-0.15, -0.1) is 13.2 Å². The smallest absolute Gasteiger partial charge is 0.463 e. The van der Waals surface area contributed by atoms with E-state index in [0.29, 0.717) is 13.0 Å². The predicted octanol–water partition coefficient (Wildman–Crippen LogP) is 5.54. The summed E-state index contributed by atoms with van der Waals surface area (Å²) in [5.41, 5.74) is 0.226. The van der Waals surface area contributed by atoms with Gasteiger partial charge in [-0.3, -0.25) is 4.74 Å². The number of esters is 1. The number of halogens is 3. The first kappa shape index (κ1) is 22.2. The SMILES string of the molecule is CCOC(=O)/C=C/c1ccc(CC(CC)(OC(F)(F)F)[C@H](C)CC)cc1. The van der Waals surface area contributed by atoms with E-state index in [2.05, 4.69) is 4.74 Å². The topological polar surface area (TPSA) is 35.5 Å². The van der Waals surface area contributed by atoms with E-state index in [9.17, 15) is 18.0 Å². The molecule has 0 saturated heterocycles. The lowest BCUT2D eigenvalue weighted by atomic mass is 9.79. The number of alkyl halides is 3. The van der Waals surface area contributed by atoms with Crippen molar-refractivity contribution >= 4 is 12.0 Å². The van der Waals surface area contributed by atoms with Crippen molar-refractivity contribution in [1.82, 2.24) is 0 Å². The van der Waals surface area contributed by atoms with E-state index in [1.165, 1.54) is 6.08 Å². The van der Waals surface area contributed by atoms with Crippen LogP contribution in [0.5, 0.6) is 0 Å². The van der Waals surface area contributed by atoms with Crippen molar-refractivity contribution in [2.45, 2.75) is 58.9 Å². The molecule has 0 aliphatic heterocycles. The number of carbonyl (C=O) groups excluding carboxylic acids is 1. The molecule has 0 aromatic heterocycles. The highest BCUT2D eigenvalue weighted by Gasteiger charge is 2.45. The molecule has 6 heteroatoms. The molecule has 0 saturated carbocycles. The Morgan fingerprint density at radius 3 is 2.23 bits per heavy atom. The van der Waals surface area contributed by atoms with Gasteiger partial charge in [-0.2, -0.15) is 0 Å². The van der Waals surface area contributed by atoms with Gasteiger partial charge in [0.05, 0.1) is 12.2 Å². The van der Waals surface area contributed by atoms with E-state index in [-0.39, 0.29) is 18.8 Å². The molecule has 0 heterocycles. The zero-order valence-electron chi connectivity index (χ0n) is 15.7. The highest BCUT2D eigenvalue weighted by molar-refractivity contribution is 5.87. The number of hydrogen-bond acceptors (Lipinski definition) is 3. The highest BCUT2D eigenvalue weighted by Crippen LogP contribution is 2.38. The van der Waals surface area contributed by atoms with Gasteiger partial charge in [-0.05, 0) is 36.5 Å². The molecule has 0 bridgehead atoms. The molecule has 1 unspecified atom stereocenters. The molecule has 0 amide bonds. The summed E-state index contributed by atoms with van der Waals surface area (Å²) in [5, 5.41) is 0. The first-order chi connectivity index (χ1) is 12.2. The van der Waals surface area contributed by atoms with E-state index >= 15 is 0 Å². The Balaban J connectivity index is 2.96. The minimum absolute atomic E-state index is 0.167. The molecule has 1 aromatic carbocycles. The number of rotatable bonds is 9. The highest BCUT2D eigenvalue weighted by atomic mass is 19.4. The minimum Gasteiger partial charge on any atom is -0.463 e. The lowest BCUT2D eigenvalue weighted by Gasteiger charge is -2.38. The van der Waals surface area contributed by atoms with E-state index in [4.69, 9.17) is 4.74 Å². The molecule has 0 radical (unpaired) electrons. The average molecular weight is 372 g/mol. The van der Waals surface area contributed by atoms with E-state index in [1.807, 2.05) is 6.92 Å². The van der Waals surface area contributed by atoms with Crippen molar-refractivity contribution in [3.8, 4) is 0 Å². The van der Waals surface area contributed by atoms with Crippen molar-refractivity contribution in [2.24, 2.45) is 5.92 Å². The van der Waals surface area contributed by atoms with Crippen LogP contribution >= 0.6 is 0 Å². The summed E-state index contributed by atoms with van der Waals surface area (Å²) in [6.45, 7) is 7.38. The molecular weight excluding hydrogens is 345 g/mol. The Bertz CT molecular complexity index is 593. The Labute approximate surface area is 153 Å². The third kappa shape index (κ3) is 6.83. The fourth-order valence-electron chi connectivity index (χ4n) is 2.91. The van der Waals surface area contributed by atoms with Gasteiger partial charge in [0, 0.05) is 12.5 Å². The number of ether oxygens (including phenoxy) is 2. The molecule has 0 aliphatic rings. The lowest BCUT2D eigenvalue weighted by molar-refractivity contribution is -0.375. The Hall–Kier alpha value is -1.82. The molecule has 0 spiro atoms. The normalized spacial score (nSPS) is 15.7. The van der Waals surface area contributed by atoms with Crippen molar-refractivity contribution in [2.75, 3.05) is 6.61 Å². The molecule has 3 nitrogen and oxygen atoms in total. The number of hydrogen-bond donors (Lipinski definition) is 0. The largest absolute Gasteiger partial charge is 0.523 e. The molecule has 1 rings (SSSR count). The fourth-order valence-corrected chi connectivity index (χ4v) is 2.91. The van der Waals surface area contributed by atoms with Crippen molar-refractivity contribution in [1.29, 1.82) is 0 Å². The van der Waals surface area contributed by atoms with Gasteiger partial charge < -0.3 is 4.74 Å². The molecule has 0 fully saturated rings. The third-order valence-electron chi connectivity index (χ3n) is 4.61. The maximum absolute atomic E-state index is 13.0. The van der Waals surface area contributed by atoms with Gasteiger partial charge in [0.2, 0.25) is 0 Å². The van der Waals surface area contributed by atoms with E-state index < -0.39 is 17.9 Å². The maximum atomic E-state index is 13.0.